The van der Waals surface area contributed by atoms with Gasteiger partial charge in [-0.05, 0) is 24.3 Å². The molecule has 0 unspecified atom stereocenters. The molecule has 0 saturated carbocycles. The Morgan fingerprint density at radius 3 is 2.52 bits per heavy atom. The van der Waals surface area contributed by atoms with E-state index in [-0.39, 0.29) is 11.1 Å². The molecule has 2 aromatic carbocycles. The van der Waals surface area contributed by atoms with Crippen LogP contribution in [-0.4, -0.2) is 38.1 Å². The molecule has 0 spiro atoms. The molecule has 1 heterocycles. The van der Waals surface area contributed by atoms with E-state index in [1.807, 2.05) is 14.1 Å². The molecule has 4 nitrogen and oxygen atoms in total. The number of carbonyl (C=O) groups is 1. The van der Waals surface area contributed by atoms with Crippen LogP contribution in [0.15, 0.2) is 42.5 Å². The summed E-state index contributed by atoms with van der Waals surface area (Å²) in [5.41, 5.74) is 0.210. The lowest BCUT2D eigenvalue weighted by molar-refractivity contribution is -0.856. The Balaban J connectivity index is 2.03. The van der Waals surface area contributed by atoms with Crippen LogP contribution in [0.1, 0.15) is 10.4 Å². The van der Waals surface area contributed by atoms with Crippen molar-refractivity contribution in [3.63, 3.8) is 0 Å². The molecule has 0 aliphatic rings. The van der Waals surface area contributed by atoms with Gasteiger partial charge in [-0.2, -0.15) is 0 Å². The summed E-state index contributed by atoms with van der Waals surface area (Å²) in [5, 5.41) is 0.370. The van der Waals surface area contributed by atoms with Crippen molar-refractivity contribution in [1.29, 1.82) is 0 Å². The van der Waals surface area contributed by atoms with Crippen molar-refractivity contribution < 1.29 is 18.5 Å². The van der Waals surface area contributed by atoms with Crippen molar-refractivity contribution in [3.05, 3.63) is 59.7 Å². The molecular formula is C18H18F2N3OS+. The Labute approximate surface area is 148 Å². The summed E-state index contributed by atoms with van der Waals surface area (Å²) >= 11 is 1.22. The molecule has 0 radical (unpaired) electrons. The lowest BCUT2D eigenvalue weighted by Gasteiger charge is -2.20. The molecule has 0 saturated heterocycles. The number of likely N-dealkylation sites (N-methyl/N-ethyl adjacent to an activating group) is 1. The number of para-hydroxylation sites is 1. The third-order valence-electron chi connectivity index (χ3n) is 3.77. The Morgan fingerprint density at radius 1 is 1.12 bits per heavy atom. The fourth-order valence-corrected chi connectivity index (χ4v) is 3.42. The third kappa shape index (κ3) is 3.67. The zero-order chi connectivity index (χ0) is 18.0. The van der Waals surface area contributed by atoms with Gasteiger partial charge in [-0.25, -0.2) is 13.8 Å². The second-order valence-electron chi connectivity index (χ2n) is 5.98. The molecule has 1 aromatic heterocycles. The molecule has 1 amide bonds. The maximum Gasteiger partial charge on any atom is 0.263 e. The highest BCUT2D eigenvalue weighted by atomic mass is 32.1. The van der Waals surface area contributed by atoms with E-state index in [1.54, 1.807) is 18.2 Å². The number of hydrogen-bond donors (Lipinski definition) is 1. The first-order chi connectivity index (χ1) is 12.0. The molecule has 0 aliphatic carbocycles. The Bertz CT molecular complexity index is 910. The zero-order valence-corrected chi connectivity index (χ0v) is 14.7. The van der Waals surface area contributed by atoms with Gasteiger partial charge in [-0.15, -0.1) is 0 Å². The first-order valence-electron chi connectivity index (χ1n) is 7.88. The van der Waals surface area contributed by atoms with E-state index in [9.17, 15) is 13.6 Å². The number of thiazole rings is 1. The molecule has 0 bridgehead atoms. The lowest BCUT2D eigenvalue weighted by Crippen LogP contribution is -3.06. The van der Waals surface area contributed by atoms with Crippen LogP contribution in [0.25, 0.3) is 10.2 Å². The highest BCUT2D eigenvalue weighted by molar-refractivity contribution is 7.22. The summed E-state index contributed by atoms with van der Waals surface area (Å²) in [5.74, 6) is -1.49. The molecule has 3 aromatic rings. The summed E-state index contributed by atoms with van der Waals surface area (Å²) in [6, 6.07) is 10.5. The van der Waals surface area contributed by atoms with E-state index in [2.05, 4.69) is 4.98 Å². The first kappa shape index (κ1) is 17.4. The van der Waals surface area contributed by atoms with Crippen molar-refractivity contribution in [2.24, 2.45) is 0 Å². The van der Waals surface area contributed by atoms with Crippen molar-refractivity contribution in [2.45, 2.75) is 0 Å². The predicted octanol–water partition coefficient (Wildman–Crippen LogP) is 2.37. The number of halogens is 2. The van der Waals surface area contributed by atoms with Crippen molar-refractivity contribution in [3.8, 4) is 0 Å². The normalized spacial score (nSPS) is 11.2. The van der Waals surface area contributed by atoms with Crippen molar-refractivity contribution >= 4 is 32.6 Å². The standard InChI is InChI=1S/C18H17F2N3OS/c1-22(2)10-11-23(17(24)12-6-3-4-7-13(12)19)18-21-16-14(20)8-5-9-15(16)25-18/h3-9H,10-11H2,1-2H3/p+1. The smallest absolute Gasteiger partial charge is 0.263 e. The average molecular weight is 362 g/mol. The van der Waals surface area contributed by atoms with Crippen molar-refractivity contribution in [1.82, 2.24) is 4.98 Å². The molecule has 130 valence electrons. The number of quaternary nitrogens is 1. The highest BCUT2D eigenvalue weighted by Crippen LogP contribution is 2.31. The molecule has 0 atom stereocenters. The van der Waals surface area contributed by atoms with Crippen LogP contribution in [0.4, 0.5) is 13.9 Å². The van der Waals surface area contributed by atoms with Gasteiger partial charge in [0.1, 0.15) is 17.2 Å². The monoisotopic (exact) mass is 362 g/mol. The number of benzene rings is 2. The number of fused-ring (bicyclic) bond motifs is 1. The number of hydrogen-bond acceptors (Lipinski definition) is 3. The van der Waals surface area contributed by atoms with Gasteiger partial charge >= 0.3 is 0 Å². The second kappa shape index (κ2) is 7.25. The van der Waals surface area contributed by atoms with E-state index in [4.69, 9.17) is 0 Å². The van der Waals surface area contributed by atoms with Gasteiger partial charge in [0, 0.05) is 0 Å². The van der Waals surface area contributed by atoms with Gasteiger partial charge in [0.15, 0.2) is 5.13 Å². The maximum atomic E-state index is 14.1. The summed E-state index contributed by atoms with van der Waals surface area (Å²) in [6.45, 7) is 1.01. The number of anilines is 1. The van der Waals surface area contributed by atoms with Gasteiger partial charge < -0.3 is 4.90 Å². The molecule has 3 rings (SSSR count). The van der Waals surface area contributed by atoms with Crippen LogP contribution in [0.3, 0.4) is 0 Å². The van der Waals surface area contributed by atoms with Gasteiger partial charge in [-0.3, -0.25) is 9.69 Å². The zero-order valence-electron chi connectivity index (χ0n) is 13.9. The summed E-state index contributed by atoms with van der Waals surface area (Å²) in [6.07, 6.45) is 0. The summed E-state index contributed by atoms with van der Waals surface area (Å²) in [7, 11) is 3.92. The number of amides is 1. The van der Waals surface area contributed by atoms with E-state index >= 15 is 0 Å². The molecule has 7 heteroatoms. The Morgan fingerprint density at radius 2 is 1.84 bits per heavy atom. The molecule has 25 heavy (non-hydrogen) atoms. The van der Waals surface area contributed by atoms with Gasteiger partial charge in [0.05, 0.1) is 37.4 Å². The van der Waals surface area contributed by atoms with Crippen LogP contribution in [0.5, 0.6) is 0 Å². The highest BCUT2D eigenvalue weighted by Gasteiger charge is 2.24. The second-order valence-corrected chi connectivity index (χ2v) is 6.99. The van der Waals surface area contributed by atoms with E-state index in [0.717, 1.165) is 4.90 Å². The minimum absolute atomic E-state index is 0.0176. The minimum Gasteiger partial charge on any atom is -0.338 e. The molecule has 0 fully saturated rings. The van der Waals surface area contributed by atoms with Crippen molar-refractivity contribution in [2.75, 3.05) is 32.1 Å². The molecule has 0 aliphatic heterocycles. The summed E-state index contributed by atoms with van der Waals surface area (Å²) < 4.78 is 28.6. The molecule has 1 N–H and O–H groups in total. The Hall–Kier alpha value is -2.38. The van der Waals surface area contributed by atoms with Gasteiger partial charge in [-0.1, -0.05) is 29.5 Å². The van der Waals surface area contributed by atoms with Crippen LogP contribution >= 0.6 is 11.3 Å². The van der Waals surface area contributed by atoms with E-state index in [0.29, 0.717) is 22.9 Å². The minimum atomic E-state index is -0.581. The third-order valence-corrected chi connectivity index (χ3v) is 4.82. The number of rotatable bonds is 5. The maximum absolute atomic E-state index is 14.1. The average Bonchev–Trinajstić information content (AvgIpc) is 3.00. The number of aromatic nitrogens is 1. The fourth-order valence-electron chi connectivity index (χ4n) is 2.42. The lowest BCUT2D eigenvalue weighted by atomic mass is 10.2. The number of nitrogens with one attached hydrogen (secondary N) is 1. The Kier molecular flexibility index (Phi) is 5.06. The topological polar surface area (TPSA) is 37.6 Å². The van der Waals surface area contributed by atoms with Crippen LogP contribution < -0.4 is 9.80 Å². The number of nitrogens with zero attached hydrogens (tertiary/aromatic N) is 2. The summed E-state index contributed by atoms with van der Waals surface area (Å²) in [4.78, 5) is 19.7. The van der Waals surface area contributed by atoms with E-state index in [1.165, 1.54) is 40.5 Å². The first-order valence-corrected chi connectivity index (χ1v) is 8.69. The largest absolute Gasteiger partial charge is 0.338 e. The molecular weight excluding hydrogens is 344 g/mol. The fraction of sp³-hybridized carbons (Fsp3) is 0.222. The van der Waals surface area contributed by atoms with Crippen LogP contribution in [0, 0.1) is 11.6 Å². The predicted molar refractivity (Wildman–Crippen MR) is 95.3 cm³/mol. The SMILES string of the molecule is C[NH+](C)CCN(C(=O)c1ccccc1F)c1nc2c(F)cccc2s1. The quantitative estimate of drug-likeness (QED) is 0.757. The van der Waals surface area contributed by atoms with Crippen LogP contribution in [-0.2, 0) is 0 Å². The van der Waals surface area contributed by atoms with E-state index < -0.39 is 17.5 Å². The number of carbonyl (C=O) groups excluding carboxylic acids is 1. The van der Waals surface area contributed by atoms with Gasteiger partial charge in [0.2, 0.25) is 0 Å². The van der Waals surface area contributed by atoms with Gasteiger partial charge in [0.25, 0.3) is 5.91 Å². The van der Waals surface area contributed by atoms with Crippen LogP contribution in [0.2, 0.25) is 0 Å².